The summed E-state index contributed by atoms with van der Waals surface area (Å²) in [6.07, 6.45) is 0.711. The number of nitrogens with zero attached hydrogens (tertiary/aromatic N) is 1. The third-order valence-corrected chi connectivity index (χ3v) is 4.00. The second-order valence-corrected chi connectivity index (χ2v) is 5.59. The van der Waals surface area contributed by atoms with Crippen molar-refractivity contribution in [3.8, 4) is 6.07 Å². The minimum atomic E-state index is -4.02. The van der Waals surface area contributed by atoms with Crippen LogP contribution in [-0.4, -0.2) is 25.5 Å². The summed E-state index contributed by atoms with van der Waals surface area (Å²) in [5.74, 6) is -1.24. The van der Waals surface area contributed by atoms with E-state index in [1.807, 2.05) is 0 Å². The van der Waals surface area contributed by atoms with Gasteiger partial charge in [-0.2, -0.15) is 9.98 Å². The van der Waals surface area contributed by atoms with Crippen LogP contribution < -0.4 is 4.72 Å². The van der Waals surface area contributed by atoms with Crippen molar-refractivity contribution >= 4 is 16.0 Å². The summed E-state index contributed by atoms with van der Waals surface area (Å²) < 4.78 is 26.3. The SMILES string of the molecule is CCCC(NS(=O)(=O)c1ccccc1C#N)C(=O)O. The Balaban J connectivity index is 3.11. The lowest BCUT2D eigenvalue weighted by Crippen LogP contribution is -2.40. The molecule has 0 fully saturated rings. The van der Waals surface area contributed by atoms with E-state index >= 15 is 0 Å². The Bertz CT molecular complexity index is 604. The van der Waals surface area contributed by atoms with E-state index in [1.165, 1.54) is 24.3 Å². The van der Waals surface area contributed by atoms with Crippen LogP contribution >= 0.6 is 0 Å². The number of benzene rings is 1. The molecule has 0 heterocycles. The Morgan fingerprint density at radius 2 is 2.11 bits per heavy atom. The van der Waals surface area contributed by atoms with Crippen LogP contribution in [0.4, 0.5) is 0 Å². The Hall–Kier alpha value is -1.91. The number of nitrogens with one attached hydrogen (secondary N) is 1. The highest BCUT2D eigenvalue weighted by molar-refractivity contribution is 7.89. The van der Waals surface area contributed by atoms with E-state index in [1.54, 1.807) is 13.0 Å². The number of aliphatic carboxylic acids is 1. The van der Waals surface area contributed by atoms with Gasteiger partial charge in [-0.1, -0.05) is 25.5 Å². The van der Waals surface area contributed by atoms with Crippen molar-refractivity contribution < 1.29 is 18.3 Å². The number of sulfonamides is 1. The zero-order valence-corrected chi connectivity index (χ0v) is 11.1. The summed E-state index contributed by atoms with van der Waals surface area (Å²) in [4.78, 5) is 10.8. The van der Waals surface area contributed by atoms with E-state index in [0.29, 0.717) is 6.42 Å². The van der Waals surface area contributed by atoms with Crippen molar-refractivity contribution in [3.05, 3.63) is 29.8 Å². The van der Waals surface area contributed by atoms with Gasteiger partial charge in [0.2, 0.25) is 10.0 Å². The summed E-state index contributed by atoms with van der Waals surface area (Å²) in [5, 5.41) is 17.8. The Morgan fingerprint density at radius 1 is 1.47 bits per heavy atom. The van der Waals surface area contributed by atoms with E-state index < -0.39 is 22.0 Å². The van der Waals surface area contributed by atoms with Gasteiger partial charge >= 0.3 is 5.97 Å². The Kier molecular flexibility index (Phi) is 5.03. The molecule has 0 spiro atoms. The van der Waals surface area contributed by atoms with E-state index in [9.17, 15) is 13.2 Å². The molecule has 0 saturated heterocycles. The van der Waals surface area contributed by atoms with Crippen molar-refractivity contribution in [1.82, 2.24) is 4.72 Å². The molecule has 1 unspecified atom stereocenters. The summed E-state index contributed by atoms with van der Waals surface area (Å²) in [6, 6.07) is 6.23. The van der Waals surface area contributed by atoms with Crippen LogP contribution in [0.3, 0.4) is 0 Å². The predicted molar refractivity (Wildman–Crippen MR) is 67.8 cm³/mol. The van der Waals surface area contributed by atoms with Crippen LogP contribution in [0.2, 0.25) is 0 Å². The molecule has 1 aromatic carbocycles. The van der Waals surface area contributed by atoms with Gasteiger partial charge in [-0.3, -0.25) is 4.79 Å². The summed E-state index contributed by atoms with van der Waals surface area (Å²) in [5.41, 5.74) is -0.0179. The van der Waals surface area contributed by atoms with Gasteiger partial charge in [-0.15, -0.1) is 0 Å². The first-order valence-electron chi connectivity index (χ1n) is 5.66. The standard InChI is InChI=1S/C12H14N2O4S/c1-2-5-10(12(15)16)14-19(17,18)11-7-4-3-6-9(11)8-13/h3-4,6-7,10,14H,2,5H2,1H3,(H,15,16). The van der Waals surface area contributed by atoms with E-state index in [0.717, 1.165) is 0 Å². The van der Waals surface area contributed by atoms with Gasteiger partial charge in [0.05, 0.1) is 10.5 Å². The van der Waals surface area contributed by atoms with Gasteiger partial charge in [-0.25, -0.2) is 8.42 Å². The van der Waals surface area contributed by atoms with Crippen LogP contribution in [0.25, 0.3) is 0 Å². The maximum atomic E-state index is 12.1. The molecule has 0 aliphatic carbocycles. The fourth-order valence-electron chi connectivity index (χ4n) is 1.57. The quantitative estimate of drug-likeness (QED) is 0.812. The molecule has 0 saturated carbocycles. The molecule has 2 N–H and O–H groups in total. The molecule has 1 atom stereocenters. The molecule has 0 aromatic heterocycles. The first-order chi connectivity index (χ1) is 8.92. The molecule has 19 heavy (non-hydrogen) atoms. The molecule has 0 radical (unpaired) electrons. The smallest absolute Gasteiger partial charge is 0.321 e. The maximum Gasteiger partial charge on any atom is 0.321 e. The fraction of sp³-hybridized carbons (Fsp3) is 0.333. The van der Waals surface area contributed by atoms with Gasteiger partial charge in [0.1, 0.15) is 12.1 Å². The number of carboxylic acid groups (broad SMARTS) is 1. The van der Waals surface area contributed by atoms with Crippen molar-refractivity contribution in [3.63, 3.8) is 0 Å². The van der Waals surface area contributed by atoms with E-state index in [4.69, 9.17) is 10.4 Å². The van der Waals surface area contributed by atoms with Gasteiger partial charge in [0.15, 0.2) is 0 Å². The molecule has 0 aliphatic rings. The minimum absolute atomic E-state index is 0.0179. The van der Waals surface area contributed by atoms with Crippen LogP contribution in [0.1, 0.15) is 25.3 Å². The van der Waals surface area contributed by atoms with Crippen molar-refractivity contribution in [2.45, 2.75) is 30.7 Å². The number of carboxylic acids is 1. The molecule has 7 heteroatoms. The number of rotatable bonds is 6. The third kappa shape index (κ3) is 3.77. The molecule has 6 nitrogen and oxygen atoms in total. The molecule has 0 bridgehead atoms. The average molecular weight is 282 g/mol. The second-order valence-electron chi connectivity index (χ2n) is 3.91. The van der Waals surface area contributed by atoms with Crippen LogP contribution in [0.5, 0.6) is 0 Å². The van der Waals surface area contributed by atoms with Crippen LogP contribution in [0, 0.1) is 11.3 Å². The monoisotopic (exact) mass is 282 g/mol. The van der Waals surface area contributed by atoms with Gasteiger partial charge in [0.25, 0.3) is 0 Å². The maximum absolute atomic E-state index is 12.1. The third-order valence-electron chi connectivity index (χ3n) is 2.47. The molecule has 102 valence electrons. The first-order valence-corrected chi connectivity index (χ1v) is 7.15. The van der Waals surface area contributed by atoms with Crippen LogP contribution in [0.15, 0.2) is 29.2 Å². The zero-order valence-electron chi connectivity index (χ0n) is 10.3. The molecular weight excluding hydrogens is 268 g/mol. The van der Waals surface area contributed by atoms with E-state index in [-0.39, 0.29) is 16.9 Å². The largest absolute Gasteiger partial charge is 0.480 e. The van der Waals surface area contributed by atoms with E-state index in [2.05, 4.69) is 4.72 Å². The Morgan fingerprint density at radius 3 is 2.63 bits per heavy atom. The number of hydrogen-bond donors (Lipinski definition) is 2. The van der Waals surface area contributed by atoms with Crippen molar-refractivity contribution in [2.75, 3.05) is 0 Å². The van der Waals surface area contributed by atoms with Gasteiger partial charge in [-0.05, 0) is 18.6 Å². The lowest BCUT2D eigenvalue weighted by molar-refractivity contribution is -0.139. The summed E-state index contributed by atoms with van der Waals surface area (Å²) in [6.45, 7) is 1.76. The highest BCUT2D eigenvalue weighted by Gasteiger charge is 2.26. The zero-order chi connectivity index (χ0) is 14.5. The summed E-state index contributed by atoms with van der Waals surface area (Å²) in [7, 11) is -4.02. The molecule has 0 amide bonds. The molecule has 1 rings (SSSR count). The predicted octanol–water partition coefficient (Wildman–Crippen LogP) is 1.09. The highest BCUT2D eigenvalue weighted by Crippen LogP contribution is 2.15. The molecule has 1 aromatic rings. The van der Waals surface area contributed by atoms with Crippen molar-refractivity contribution in [2.24, 2.45) is 0 Å². The number of hydrogen-bond acceptors (Lipinski definition) is 4. The number of nitriles is 1. The van der Waals surface area contributed by atoms with Gasteiger partial charge < -0.3 is 5.11 Å². The summed E-state index contributed by atoms with van der Waals surface area (Å²) >= 11 is 0. The average Bonchev–Trinajstić information content (AvgIpc) is 2.38. The number of carbonyl (C=O) groups is 1. The lowest BCUT2D eigenvalue weighted by atomic mass is 10.2. The molecular formula is C12H14N2O4S. The fourth-order valence-corrected chi connectivity index (χ4v) is 2.95. The first kappa shape index (κ1) is 15.1. The minimum Gasteiger partial charge on any atom is -0.480 e. The lowest BCUT2D eigenvalue weighted by Gasteiger charge is -2.14. The topological polar surface area (TPSA) is 107 Å². The normalized spacial score (nSPS) is 12.6. The van der Waals surface area contributed by atoms with Crippen LogP contribution in [-0.2, 0) is 14.8 Å². The molecule has 0 aliphatic heterocycles. The Labute approximate surface area is 111 Å². The second kappa shape index (κ2) is 6.31. The highest BCUT2D eigenvalue weighted by atomic mass is 32.2. The van der Waals surface area contributed by atoms with Crippen molar-refractivity contribution in [1.29, 1.82) is 5.26 Å². The van der Waals surface area contributed by atoms with Gasteiger partial charge in [0, 0.05) is 0 Å².